The van der Waals surface area contributed by atoms with Crippen molar-refractivity contribution in [2.45, 2.75) is 6.61 Å². The Hall–Kier alpha value is -2.33. The van der Waals surface area contributed by atoms with Gasteiger partial charge in [-0.2, -0.15) is 0 Å². The standard InChI is InChI=1S/C16H16O4/c17-10-11-19-16(18)14-8-6-13(7-9-14)12-20-15-4-2-1-3-5-15/h1-9,17H,10-12H2. The molecule has 4 nitrogen and oxygen atoms in total. The number of carbonyl (C=O) groups is 1. The van der Waals surface area contributed by atoms with Crippen molar-refractivity contribution in [3.8, 4) is 5.75 Å². The van der Waals surface area contributed by atoms with Crippen molar-refractivity contribution >= 4 is 5.97 Å². The molecule has 0 spiro atoms. The number of hydrogen-bond donors (Lipinski definition) is 1. The predicted molar refractivity (Wildman–Crippen MR) is 74.6 cm³/mol. The van der Waals surface area contributed by atoms with E-state index in [4.69, 9.17) is 14.6 Å². The van der Waals surface area contributed by atoms with E-state index in [0.29, 0.717) is 12.2 Å². The van der Waals surface area contributed by atoms with Gasteiger partial charge in [-0.25, -0.2) is 4.79 Å². The third kappa shape index (κ3) is 4.10. The van der Waals surface area contributed by atoms with Crippen LogP contribution >= 0.6 is 0 Å². The van der Waals surface area contributed by atoms with Crippen LogP contribution in [0.2, 0.25) is 0 Å². The van der Waals surface area contributed by atoms with Gasteiger partial charge in [0, 0.05) is 0 Å². The van der Waals surface area contributed by atoms with E-state index >= 15 is 0 Å². The number of para-hydroxylation sites is 1. The number of aliphatic hydroxyl groups excluding tert-OH is 1. The van der Waals surface area contributed by atoms with Gasteiger partial charge in [-0.05, 0) is 29.8 Å². The fraction of sp³-hybridized carbons (Fsp3) is 0.188. The molecule has 0 fully saturated rings. The van der Waals surface area contributed by atoms with Gasteiger partial charge in [0.15, 0.2) is 0 Å². The molecule has 1 N–H and O–H groups in total. The van der Waals surface area contributed by atoms with E-state index in [2.05, 4.69) is 0 Å². The summed E-state index contributed by atoms with van der Waals surface area (Å²) in [5.74, 6) is 0.369. The molecule has 0 aliphatic heterocycles. The topological polar surface area (TPSA) is 55.8 Å². The maximum Gasteiger partial charge on any atom is 0.338 e. The van der Waals surface area contributed by atoms with Gasteiger partial charge < -0.3 is 14.6 Å². The zero-order valence-corrected chi connectivity index (χ0v) is 11.0. The normalized spacial score (nSPS) is 10.1. The highest BCUT2D eigenvalue weighted by Gasteiger charge is 2.06. The maximum atomic E-state index is 11.5. The van der Waals surface area contributed by atoms with Crippen LogP contribution in [0.4, 0.5) is 0 Å². The molecule has 0 bridgehead atoms. The molecule has 2 rings (SSSR count). The summed E-state index contributed by atoms with van der Waals surface area (Å²) in [4.78, 5) is 11.5. The average Bonchev–Trinajstić information content (AvgIpc) is 2.52. The summed E-state index contributed by atoms with van der Waals surface area (Å²) in [5, 5.41) is 8.59. The van der Waals surface area contributed by atoms with Crippen LogP contribution in [-0.2, 0) is 11.3 Å². The lowest BCUT2D eigenvalue weighted by molar-refractivity contribution is 0.0433. The number of hydrogen-bond acceptors (Lipinski definition) is 4. The first-order valence-electron chi connectivity index (χ1n) is 6.34. The van der Waals surface area contributed by atoms with Crippen molar-refractivity contribution in [2.24, 2.45) is 0 Å². The molecule has 4 heteroatoms. The van der Waals surface area contributed by atoms with E-state index in [1.54, 1.807) is 12.1 Å². The van der Waals surface area contributed by atoms with Crippen LogP contribution in [0, 0.1) is 0 Å². The molecule has 2 aromatic carbocycles. The van der Waals surface area contributed by atoms with Crippen LogP contribution in [0.1, 0.15) is 15.9 Å². The number of esters is 1. The monoisotopic (exact) mass is 272 g/mol. The quantitative estimate of drug-likeness (QED) is 0.820. The molecular weight excluding hydrogens is 256 g/mol. The Bertz CT molecular complexity index is 534. The summed E-state index contributed by atoms with van der Waals surface area (Å²) in [6.45, 7) is 0.280. The fourth-order valence-electron chi connectivity index (χ4n) is 1.64. The van der Waals surface area contributed by atoms with Crippen LogP contribution in [0.25, 0.3) is 0 Å². The maximum absolute atomic E-state index is 11.5. The Balaban J connectivity index is 1.90. The SMILES string of the molecule is O=C(OCCO)c1ccc(COc2ccccc2)cc1. The zero-order chi connectivity index (χ0) is 14.2. The molecule has 2 aromatic rings. The van der Waals surface area contributed by atoms with E-state index in [1.165, 1.54) is 0 Å². The number of benzene rings is 2. The van der Waals surface area contributed by atoms with Crippen LogP contribution in [0.15, 0.2) is 54.6 Å². The van der Waals surface area contributed by atoms with Crippen molar-refractivity contribution in [3.63, 3.8) is 0 Å². The smallest absolute Gasteiger partial charge is 0.338 e. The van der Waals surface area contributed by atoms with Crippen molar-refractivity contribution in [2.75, 3.05) is 13.2 Å². The third-order valence-corrected chi connectivity index (χ3v) is 2.66. The van der Waals surface area contributed by atoms with Gasteiger partial charge in [0.2, 0.25) is 0 Å². The summed E-state index contributed by atoms with van der Waals surface area (Å²) < 4.78 is 10.4. The summed E-state index contributed by atoms with van der Waals surface area (Å²) in [6.07, 6.45) is 0. The van der Waals surface area contributed by atoms with Crippen LogP contribution in [0.5, 0.6) is 5.75 Å². The average molecular weight is 272 g/mol. The lowest BCUT2D eigenvalue weighted by Crippen LogP contribution is -2.08. The molecule has 0 unspecified atom stereocenters. The van der Waals surface area contributed by atoms with E-state index in [-0.39, 0.29) is 13.2 Å². The first kappa shape index (κ1) is 14.1. The van der Waals surface area contributed by atoms with Crippen LogP contribution in [0.3, 0.4) is 0 Å². The zero-order valence-electron chi connectivity index (χ0n) is 11.0. The summed E-state index contributed by atoms with van der Waals surface area (Å²) in [5.41, 5.74) is 1.43. The van der Waals surface area contributed by atoms with Crippen molar-refractivity contribution < 1.29 is 19.4 Å². The van der Waals surface area contributed by atoms with E-state index < -0.39 is 5.97 Å². The minimum Gasteiger partial charge on any atom is -0.489 e. The Kier molecular flexibility index (Phi) is 5.15. The molecule has 0 amide bonds. The summed E-state index contributed by atoms with van der Waals surface area (Å²) in [6, 6.07) is 16.5. The van der Waals surface area contributed by atoms with Crippen LogP contribution in [-0.4, -0.2) is 24.3 Å². The van der Waals surface area contributed by atoms with Gasteiger partial charge in [0.1, 0.15) is 19.0 Å². The molecule has 104 valence electrons. The van der Waals surface area contributed by atoms with Crippen molar-refractivity contribution in [3.05, 3.63) is 65.7 Å². The number of rotatable bonds is 6. The second-order valence-corrected chi connectivity index (χ2v) is 4.16. The highest BCUT2D eigenvalue weighted by Crippen LogP contribution is 2.12. The lowest BCUT2D eigenvalue weighted by atomic mass is 10.1. The number of aliphatic hydroxyl groups is 1. The molecule has 0 saturated carbocycles. The fourth-order valence-corrected chi connectivity index (χ4v) is 1.64. The van der Waals surface area contributed by atoms with Gasteiger partial charge in [-0.15, -0.1) is 0 Å². The second-order valence-electron chi connectivity index (χ2n) is 4.16. The Morgan fingerprint density at radius 3 is 2.35 bits per heavy atom. The van der Waals surface area contributed by atoms with E-state index in [1.807, 2.05) is 42.5 Å². The van der Waals surface area contributed by atoms with E-state index in [0.717, 1.165) is 11.3 Å². The van der Waals surface area contributed by atoms with Gasteiger partial charge in [0.05, 0.1) is 12.2 Å². The van der Waals surface area contributed by atoms with Gasteiger partial charge in [0.25, 0.3) is 0 Å². The predicted octanol–water partition coefficient (Wildman–Crippen LogP) is 2.41. The van der Waals surface area contributed by atoms with Crippen LogP contribution < -0.4 is 4.74 Å². The Morgan fingerprint density at radius 1 is 1.00 bits per heavy atom. The third-order valence-electron chi connectivity index (χ3n) is 2.66. The molecular formula is C16H16O4. The highest BCUT2D eigenvalue weighted by molar-refractivity contribution is 5.89. The summed E-state index contributed by atoms with van der Waals surface area (Å²) in [7, 11) is 0. The number of ether oxygens (including phenoxy) is 2. The lowest BCUT2D eigenvalue weighted by Gasteiger charge is -2.07. The molecule has 0 saturated heterocycles. The molecule has 0 aromatic heterocycles. The second kappa shape index (κ2) is 7.31. The highest BCUT2D eigenvalue weighted by atomic mass is 16.5. The Labute approximate surface area is 117 Å². The van der Waals surface area contributed by atoms with Crippen molar-refractivity contribution in [1.29, 1.82) is 0 Å². The minimum atomic E-state index is -0.436. The largest absolute Gasteiger partial charge is 0.489 e. The molecule has 0 atom stereocenters. The van der Waals surface area contributed by atoms with Gasteiger partial charge >= 0.3 is 5.97 Å². The molecule has 0 heterocycles. The van der Waals surface area contributed by atoms with E-state index in [9.17, 15) is 4.79 Å². The van der Waals surface area contributed by atoms with Gasteiger partial charge in [-0.1, -0.05) is 30.3 Å². The Morgan fingerprint density at radius 2 is 1.70 bits per heavy atom. The molecule has 0 aliphatic rings. The first-order chi connectivity index (χ1) is 9.79. The number of carbonyl (C=O) groups excluding carboxylic acids is 1. The van der Waals surface area contributed by atoms with Crippen molar-refractivity contribution in [1.82, 2.24) is 0 Å². The molecule has 0 aliphatic carbocycles. The minimum absolute atomic E-state index is 0.0116. The summed E-state index contributed by atoms with van der Waals surface area (Å²) >= 11 is 0. The molecule has 0 radical (unpaired) electrons. The molecule has 20 heavy (non-hydrogen) atoms. The first-order valence-corrected chi connectivity index (χ1v) is 6.34. The van der Waals surface area contributed by atoms with Gasteiger partial charge in [-0.3, -0.25) is 0 Å².